The Kier molecular flexibility index (Phi) is 6.07. The van der Waals surface area contributed by atoms with Gasteiger partial charge in [-0.3, -0.25) is 4.68 Å². The monoisotopic (exact) mass is 404 g/mol. The second-order valence-corrected chi connectivity index (χ2v) is 9.16. The number of hydrogen-bond donors (Lipinski definition) is 0. The van der Waals surface area contributed by atoms with Gasteiger partial charge < -0.3 is 4.57 Å². The van der Waals surface area contributed by atoms with Gasteiger partial charge in [-0.25, -0.2) is 4.98 Å². The van der Waals surface area contributed by atoms with Gasteiger partial charge in [-0.2, -0.15) is 5.10 Å². The van der Waals surface area contributed by atoms with E-state index in [0.29, 0.717) is 11.8 Å². The normalized spacial score (nSPS) is 11.6. The highest BCUT2D eigenvalue weighted by Crippen LogP contribution is 2.27. The SMILES string of the molecule is Cc1cc2c(C)n(C)nc2cc1C(C)C.Cc1cc2c(cc1C(C)C)nc(C)n2C. The van der Waals surface area contributed by atoms with Crippen LogP contribution in [-0.4, -0.2) is 19.3 Å². The Morgan fingerprint density at radius 2 is 1.27 bits per heavy atom. The summed E-state index contributed by atoms with van der Waals surface area (Å²) in [6.45, 7) is 17.4. The van der Waals surface area contributed by atoms with Crippen LogP contribution in [0.1, 0.15) is 73.3 Å². The van der Waals surface area contributed by atoms with Crippen molar-refractivity contribution in [3.63, 3.8) is 0 Å². The highest BCUT2D eigenvalue weighted by atomic mass is 15.3. The quantitative estimate of drug-likeness (QED) is 0.376. The van der Waals surface area contributed by atoms with E-state index in [-0.39, 0.29) is 0 Å². The molecule has 30 heavy (non-hydrogen) atoms. The Morgan fingerprint density at radius 3 is 1.83 bits per heavy atom. The molecule has 0 saturated carbocycles. The van der Waals surface area contributed by atoms with Crippen LogP contribution in [0.25, 0.3) is 21.9 Å². The molecular formula is C26H36N4. The molecular weight excluding hydrogens is 368 g/mol. The zero-order chi connectivity index (χ0) is 22.3. The number of benzene rings is 2. The van der Waals surface area contributed by atoms with Crippen molar-refractivity contribution in [3.05, 3.63) is 58.0 Å². The van der Waals surface area contributed by atoms with E-state index in [2.05, 4.69) is 94.4 Å². The van der Waals surface area contributed by atoms with Gasteiger partial charge in [-0.05, 0) is 86.1 Å². The van der Waals surface area contributed by atoms with Crippen molar-refractivity contribution < 1.29 is 0 Å². The molecule has 160 valence electrons. The lowest BCUT2D eigenvalue weighted by Crippen LogP contribution is -1.94. The van der Waals surface area contributed by atoms with Crippen LogP contribution in [-0.2, 0) is 14.1 Å². The smallest absolute Gasteiger partial charge is 0.106 e. The van der Waals surface area contributed by atoms with Crippen LogP contribution in [0.15, 0.2) is 24.3 Å². The topological polar surface area (TPSA) is 35.6 Å². The summed E-state index contributed by atoms with van der Waals surface area (Å²) in [5.74, 6) is 2.21. The molecule has 0 aliphatic carbocycles. The Labute approximate surface area is 180 Å². The molecule has 4 aromatic rings. The fourth-order valence-corrected chi connectivity index (χ4v) is 4.22. The lowest BCUT2D eigenvalue weighted by Gasteiger charge is -2.09. The first-order chi connectivity index (χ1) is 14.0. The van der Waals surface area contributed by atoms with Crippen molar-refractivity contribution in [1.82, 2.24) is 19.3 Å². The Bertz CT molecular complexity index is 1110. The minimum absolute atomic E-state index is 0.566. The average Bonchev–Trinajstić information content (AvgIpc) is 3.10. The van der Waals surface area contributed by atoms with Gasteiger partial charge in [0.1, 0.15) is 5.82 Å². The van der Waals surface area contributed by atoms with Crippen LogP contribution >= 0.6 is 0 Å². The fraction of sp³-hybridized carbons (Fsp3) is 0.462. The van der Waals surface area contributed by atoms with Crippen LogP contribution < -0.4 is 0 Å². The number of aryl methyl sites for hydroxylation is 6. The Hall–Kier alpha value is -2.62. The van der Waals surface area contributed by atoms with Crippen LogP contribution in [0, 0.1) is 27.7 Å². The molecule has 0 bridgehead atoms. The van der Waals surface area contributed by atoms with Crippen molar-refractivity contribution in [3.8, 4) is 0 Å². The number of aromatic nitrogens is 4. The van der Waals surface area contributed by atoms with Crippen molar-refractivity contribution >= 4 is 21.9 Å². The minimum atomic E-state index is 0.566. The van der Waals surface area contributed by atoms with Gasteiger partial charge in [-0.15, -0.1) is 0 Å². The third-order valence-electron chi connectivity index (χ3n) is 6.25. The molecule has 2 aromatic carbocycles. The van der Waals surface area contributed by atoms with Crippen molar-refractivity contribution in [2.75, 3.05) is 0 Å². The van der Waals surface area contributed by atoms with Gasteiger partial charge in [0.05, 0.1) is 16.6 Å². The Morgan fingerprint density at radius 1 is 0.733 bits per heavy atom. The summed E-state index contributed by atoms with van der Waals surface area (Å²) in [6.07, 6.45) is 0. The van der Waals surface area contributed by atoms with E-state index in [0.717, 1.165) is 16.9 Å². The van der Waals surface area contributed by atoms with Gasteiger partial charge in [0.25, 0.3) is 0 Å². The summed E-state index contributed by atoms with van der Waals surface area (Å²) in [6, 6.07) is 8.95. The molecule has 0 unspecified atom stereocenters. The van der Waals surface area contributed by atoms with Gasteiger partial charge in [0.2, 0.25) is 0 Å². The summed E-state index contributed by atoms with van der Waals surface area (Å²) in [5.41, 5.74) is 10.2. The number of fused-ring (bicyclic) bond motifs is 2. The van der Waals surface area contributed by atoms with Crippen LogP contribution in [0.2, 0.25) is 0 Å². The lowest BCUT2D eigenvalue weighted by molar-refractivity contribution is 0.750. The molecule has 0 atom stereocenters. The summed E-state index contributed by atoms with van der Waals surface area (Å²) in [7, 11) is 4.07. The van der Waals surface area contributed by atoms with Crippen LogP contribution in [0.5, 0.6) is 0 Å². The summed E-state index contributed by atoms with van der Waals surface area (Å²) < 4.78 is 4.10. The fourth-order valence-electron chi connectivity index (χ4n) is 4.22. The molecule has 0 fully saturated rings. The second kappa shape index (κ2) is 8.25. The van der Waals surface area contributed by atoms with Crippen LogP contribution in [0.4, 0.5) is 0 Å². The van der Waals surface area contributed by atoms with E-state index in [1.807, 2.05) is 18.7 Å². The van der Waals surface area contributed by atoms with Crippen LogP contribution in [0.3, 0.4) is 0 Å². The predicted molar refractivity (Wildman–Crippen MR) is 129 cm³/mol. The second-order valence-electron chi connectivity index (χ2n) is 9.16. The molecule has 0 aliphatic rings. The lowest BCUT2D eigenvalue weighted by atomic mass is 9.96. The molecule has 0 radical (unpaired) electrons. The summed E-state index contributed by atoms with van der Waals surface area (Å²) in [5, 5.41) is 5.79. The minimum Gasteiger partial charge on any atom is -0.331 e. The summed E-state index contributed by atoms with van der Waals surface area (Å²) in [4.78, 5) is 4.56. The zero-order valence-corrected chi connectivity index (χ0v) is 20.3. The summed E-state index contributed by atoms with van der Waals surface area (Å²) >= 11 is 0. The maximum absolute atomic E-state index is 4.56. The number of imidazole rings is 1. The van der Waals surface area contributed by atoms with E-state index in [1.54, 1.807) is 0 Å². The number of rotatable bonds is 2. The number of hydrogen-bond acceptors (Lipinski definition) is 2. The number of nitrogens with zero attached hydrogens (tertiary/aromatic N) is 4. The van der Waals surface area contributed by atoms with Crippen molar-refractivity contribution in [2.45, 2.75) is 67.2 Å². The molecule has 0 spiro atoms. The first-order valence-corrected chi connectivity index (χ1v) is 10.9. The Balaban J connectivity index is 0.000000171. The zero-order valence-electron chi connectivity index (χ0n) is 20.3. The maximum Gasteiger partial charge on any atom is 0.106 e. The molecule has 2 aromatic heterocycles. The first-order valence-electron chi connectivity index (χ1n) is 10.9. The molecule has 0 N–H and O–H groups in total. The third kappa shape index (κ3) is 4.00. The van der Waals surface area contributed by atoms with E-state index in [9.17, 15) is 0 Å². The molecule has 0 saturated heterocycles. The van der Waals surface area contributed by atoms with Gasteiger partial charge >= 0.3 is 0 Å². The molecule has 0 amide bonds. The van der Waals surface area contributed by atoms with E-state index < -0.39 is 0 Å². The van der Waals surface area contributed by atoms with Gasteiger partial charge in [-0.1, -0.05) is 27.7 Å². The maximum atomic E-state index is 4.56. The third-order valence-corrected chi connectivity index (χ3v) is 6.25. The van der Waals surface area contributed by atoms with Crippen molar-refractivity contribution in [1.29, 1.82) is 0 Å². The molecule has 0 aliphatic heterocycles. The first kappa shape index (κ1) is 22.1. The van der Waals surface area contributed by atoms with E-state index >= 15 is 0 Å². The molecule has 4 rings (SSSR count). The molecule has 2 heterocycles. The standard InChI is InChI=1S/2C13H18N2/c1-8(2)11-7-12-13(6-9(11)3)15(5)10(4)14-12;1-8(2)11-7-13-12(6-9(11)3)10(4)15(5)14-13/h2*6-8H,1-5H3. The van der Waals surface area contributed by atoms with Gasteiger partial charge in [0.15, 0.2) is 0 Å². The largest absolute Gasteiger partial charge is 0.331 e. The average molecular weight is 405 g/mol. The predicted octanol–water partition coefficient (Wildman–Crippen LogP) is 6.63. The van der Waals surface area contributed by atoms with E-state index in [1.165, 1.54) is 38.9 Å². The highest BCUT2D eigenvalue weighted by Gasteiger charge is 2.11. The van der Waals surface area contributed by atoms with Gasteiger partial charge in [0, 0.05) is 25.2 Å². The molecule has 4 heteroatoms. The van der Waals surface area contributed by atoms with E-state index in [4.69, 9.17) is 0 Å². The van der Waals surface area contributed by atoms with Crippen molar-refractivity contribution in [2.24, 2.45) is 14.1 Å². The molecule has 4 nitrogen and oxygen atoms in total. The highest BCUT2D eigenvalue weighted by molar-refractivity contribution is 5.83.